The molecule has 2 aliphatic heterocycles. The highest BCUT2D eigenvalue weighted by atomic mass is 16.5. The van der Waals surface area contributed by atoms with E-state index in [2.05, 4.69) is 9.80 Å². The Hall–Kier alpha value is -0.160. The fraction of sp³-hybridized carbons (Fsp3) is 1.00. The monoisotopic (exact) mass is 267 g/mol. The van der Waals surface area contributed by atoms with Crippen molar-refractivity contribution in [2.24, 2.45) is 5.73 Å². The second kappa shape index (κ2) is 6.08. The van der Waals surface area contributed by atoms with Crippen molar-refractivity contribution in [3.8, 4) is 0 Å². The first-order valence-electron chi connectivity index (χ1n) is 8.12. The van der Waals surface area contributed by atoms with E-state index in [4.69, 9.17) is 10.5 Å². The first-order chi connectivity index (χ1) is 9.31. The van der Waals surface area contributed by atoms with E-state index in [9.17, 15) is 0 Å². The Morgan fingerprint density at radius 1 is 1.16 bits per heavy atom. The van der Waals surface area contributed by atoms with Crippen LogP contribution < -0.4 is 5.73 Å². The maximum absolute atomic E-state index is 6.05. The molecule has 3 rings (SSSR count). The number of hydrogen-bond acceptors (Lipinski definition) is 4. The lowest BCUT2D eigenvalue weighted by atomic mass is 9.73. The number of nitrogens with zero attached hydrogens (tertiary/aromatic N) is 2. The van der Waals surface area contributed by atoms with Gasteiger partial charge in [-0.2, -0.15) is 0 Å². The van der Waals surface area contributed by atoms with Crippen LogP contribution >= 0.6 is 0 Å². The van der Waals surface area contributed by atoms with Gasteiger partial charge in [0.05, 0.1) is 5.60 Å². The maximum atomic E-state index is 6.05. The molecule has 0 aromatic rings. The van der Waals surface area contributed by atoms with E-state index in [1.54, 1.807) is 0 Å². The highest BCUT2D eigenvalue weighted by Crippen LogP contribution is 2.43. The molecule has 110 valence electrons. The first-order valence-corrected chi connectivity index (χ1v) is 8.12. The SMILES string of the molecule is NCCCN1CCN(C2CCOC3(CCC3)C2)CC1. The van der Waals surface area contributed by atoms with Gasteiger partial charge in [0.1, 0.15) is 0 Å². The lowest BCUT2D eigenvalue weighted by molar-refractivity contribution is -0.150. The summed E-state index contributed by atoms with van der Waals surface area (Å²) in [5, 5.41) is 0. The molecule has 0 amide bonds. The van der Waals surface area contributed by atoms with Gasteiger partial charge in [-0.25, -0.2) is 0 Å². The van der Waals surface area contributed by atoms with E-state index >= 15 is 0 Å². The second-order valence-corrected chi connectivity index (χ2v) is 6.55. The Bertz CT molecular complexity index is 285. The third kappa shape index (κ3) is 3.13. The van der Waals surface area contributed by atoms with Crippen molar-refractivity contribution in [1.29, 1.82) is 0 Å². The van der Waals surface area contributed by atoms with Crippen molar-refractivity contribution in [3.63, 3.8) is 0 Å². The zero-order chi connectivity index (χ0) is 13.1. The topological polar surface area (TPSA) is 41.7 Å². The van der Waals surface area contributed by atoms with Crippen LogP contribution in [0.5, 0.6) is 0 Å². The van der Waals surface area contributed by atoms with Crippen LogP contribution in [0.25, 0.3) is 0 Å². The van der Waals surface area contributed by atoms with E-state index in [-0.39, 0.29) is 0 Å². The molecule has 19 heavy (non-hydrogen) atoms. The standard InChI is InChI=1S/C15H29N3O/c16-6-2-7-17-8-10-18(11-9-17)14-3-12-19-15(13-14)4-1-5-15/h14H,1-13,16H2. The van der Waals surface area contributed by atoms with Gasteiger partial charge in [-0.15, -0.1) is 0 Å². The summed E-state index contributed by atoms with van der Waals surface area (Å²) in [5.74, 6) is 0. The van der Waals surface area contributed by atoms with Crippen LogP contribution in [0.4, 0.5) is 0 Å². The molecule has 1 spiro atoms. The fourth-order valence-corrected chi connectivity index (χ4v) is 3.90. The van der Waals surface area contributed by atoms with Gasteiger partial charge < -0.3 is 15.4 Å². The fourth-order valence-electron chi connectivity index (χ4n) is 3.90. The summed E-state index contributed by atoms with van der Waals surface area (Å²) in [6, 6.07) is 0.783. The zero-order valence-corrected chi connectivity index (χ0v) is 12.1. The van der Waals surface area contributed by atoms with E-state index in [0.29, 0.717) is 5.60 Å². The molecule has 1 aliphatic carbocycles. The van der Waals surface area contributed by atoms with Gasteiger partial charge in [0, 0.05) is 38.8 Å². The van der Waals surface area contributed by atoms with Crippen LogP contribution in [0, 0.1) is 0 Å². The molecule has 3 aliphatic rings. The summed E-state index contributed by atoms with van der Waals surface area (Å²) < 4.78 is 6.05. The molecule has 4 nitrogen and oxygen atoms in total. The molecule has 4 heteroatoms. The van der Waals surface area contributed by atoms with E-state index in [1.807, 2.05) is 0 Å². The van der Waals surface area contributed by atoms with E-state index < -0.39 is 0 Å². The second-order valence-electron chi connectivity index (χ2n) is 6.55. The molecule has 2 saturated heterocycles. The van der Waals surface area contributed by atoms with Gasteiger partial charge in [-0.3, -0.25) is 4.90 Å². The quantitative estimate of drug-likeness (QED) is 0.827. The number of nitrogens with two attached hydrogens (primary N) is 1. The summed E-state index contributed by atoms with van der Waals surface area (Å²) in [5.41, 5.74) is 5.88. The molecular weight excluding hydrogens is 238 g/mol. The van der Waals surface area contributed by atoms with Crippen molar-refractivity contribution in [2.45, 2.75) is 50.2 Å². The Morgan fingerprint density at radius 2 is 1.95 bits per heavy atom. The van der Waals surface area contributed by atoms with E-state index in [1.165, 1.54) is 64.8 Å². The Balaban J connectivity index is 1.45. The van der Waals surface area contributed by atoms with Gasteiger partial charge in [-0.1, -0.05) is 0 Å². The Kier molecular flexibility index (Phi) is 4.42. The number of piperazine rings is 1. The highest BCUT2D eigenvalue weighted by molar-refractivity contribution is 4.97. The summed E-state index contributed by atoms with van der Waals surface area (Å²) in [6.07, 6.45) is 7.65. The van der Waals surface area contributed by atoms with Gasteiger partial charge in [0.2, 0.25) is 0 Å². The predicted molar refractivity (Wildman–Crippen MR) is 77.2 cm³/mol. The van der Waals surface area contributed by atoms with Crippen molar-refractivity contribution >= 4 is 0 Å². The first kappa shape index (κ1) is 13.8. The Labute approximate surface area is 117 Å². The molecule has 3 fully saturated rings. The lowest BCUT2D eigenvalue weighted by Crippen LogP contribution is -2.56. The zero-order valence-electron chi connectivity index (χ0n) is 12.1. The van der Waals surface area contributed by atoms with Gasteiger partial charge in [0.15, 0.2) is 0 Å². The summed E-state index contributed by atoms with van der Waals surface area (Å²) in [4.78, 5) is 5.29. The van der Waals surface area contributed by atoms with Crippen LogP contribution in [-0.2, 0) is 4.74 Å². The molecule has 0 aromatic carbocycles. The average molecular weight is 267 g/mol. The van der Waals surface area contributed by atoms with Crippen molar-refractivity contribution in [2.75, 3.05) is 45.9 Å². The molecule has 1 saturated carbocycles. The largest absolute Gasteiger partial charge is 0.375 e. The molecule has 0 bridgehead atoms. The summed E-state index contributed by atoms with van der Waals surface area (Å²) in [6.45, 7) is 7.92. The van der Waals surface area contributed by atoms with Gasteiger partial charge in [-0.05, 0) is 51.6 Å². The van der Waals surface area contributed by atoms with Crippen LogP contribution in [0.3, 0.4) is 0 Å². The summed E-state index contributed by atoms with van der Waals surface area (Å²) in [7, 11) is 0. The lowest BCUT2D eigenvalue weighted by Gasteiger charge is -2.50. The molecule has 0 aromatic heterocycles. The van der Waals surface area contributed by atoms with Crippen molar-refractivity contribution < 1.29 is 4.74 Å². The highest BCUT2D eigenvalue weighted by Gasteiger charge is 2.44. The van der Waals surface area contributed by atoms with Crippen molar-refractivity contribution in [3.05, 3.63) is 0 Å². The summed E-state index contributed by atoms with van der Waals surface area (Å²) >= 11 is 0. The Morgan fingerprint density at radius 3 is 2.58 bits per heavy atom. The molecule has 2 N–H and O–H groups in total. The molecule has 0 radical (unpaired) electrons. The molecule has 1 atom stereocenters. The van der Waals surface area contributed by atoms with E-state index in [0.717, 1.165) is 25.6 Å². The van der Waals surface area contributed by atoms with Crippen LogP contribution in [0.15, 0.2) is 0 Å². The van der Waals surface area contributed by atoms with Crippen LogP contribution in [0.1, 0.15) is 38.5 Å². The minimum Gasteiger partial charge on any atom is -0.375 e. The van der Waals surface area contributed by atoms with Gasteiger partial charge >= 0.3 is 0 Å². The molecule has 1 unspecified atom stereocenters. The number of ether oxygens (including phenoxy) is 1. The number of hydrogen-bond donors (Lipinski definition) is 1. The third-order valence-corrected chi connectivity index (χ3v) is 5.33. The smallest absolute Gasteiger partial charge is 0.0697 e. The number of rotatable bonds is 4. The van der Waals surface area contributed by atoms with Crippen LogP contribution in [-0.4, -0.2) is 67.3 Å². The average Bonchev–Trinajstić information content (AvgIpc) is 2.44. The molecular formula is C15H29N3O. The maximum Gasteiger partial charge on any atom is 0.0697 e. The van der Waals surface area contributed by atoms with Gasteiger partial charge in [0.25, 0.3) is 0 Å². The molecule has 2 heterocycles. The minimum atomic E-state index is 0.291. The van der Waals surface area contributed by atoms with Crippen molar-refractivity contribution in [1.82, 2.24) is 9.80 Å². The minimum absolute atomic E-state index is 0.291. The normalized spacial score (nSPS) is 32.4. The predicted octanol–water partition coefficient (Wildman–Crippen LogP) is 1.05. The third-order valence-electron chi connectivity index (χ3n) is 5.33. The van der Waals surface area contributed by atoms with Crippen LogP contribution in [0.2, 0.25) is 0 Å².